The summed E-state index contributed by atoms with van der Waals surface area (Å²) in [4.78, 5) is 0. The monoisotopic (exact) mass is 434 g/mol. The van der Waals surface area contributed by atoms with Gasteiger partial charge >= 0.3 is 0 Å². The van der Waals surface area contributed by atoms with E-state index in [9.17, 15) is 5.11 Å². The molecule has 0 unspecified atom stereocenters. The number of halogens is 1. The average Bonchev–Trinajstić information content (AvgIpc) is 3.07. The van der Waals surface area contributed by atoms with Crippen molar-refractivity contribution in [2.45, 2.75) is 13.5 Å². The number of aromatic nitrogens is 2. The molecular weight excluding hydrogens is 412 g/mol. The number of hydrogen-bond acceptors (Lipinski definition) is 4. The SMILES string of the molecule is COc1cccc(-c2c(-c3ccc(OCc4ccc(Cl)cc4)cc3O)nn(C)c2C)c1. The molecule has 0 atom stereocenters. The van der Waals surface area contributed by atoms with Crippen LogP contribution in [0.2, 0.25) is 5.02 Å². The summed E-state index contributed by atoms with van der Waals surface area (Å²) >= 11 is 5.92. The highest BCUT2D eigenvalue weighted by Crippen LogP contribution is 2.40. The molecule has 3 aromatic carbocycles. The van der Waals surface area contributed by atoms with Crippen molar-refractivity contribution in [1.82, 2.24) is 9.78 Å². The van der Waals surface area contributed by atoms with E-state index in [0.717, 1.165) is 28.1 Å². The van der Waals surface area contributed by atoms with Gasteiger partial charge in [-0.3, -0.25) is 4.68 Å². The molecule has 0 aliphatic rings. The molecule has 0 bridgehead atoms. The first-order valence-electron chi connectivity index (χ1n) is 9.85. The van der Waals surface area contributed by atoms with Crippen molar-refractivity contribution < 1.29 is 14.6 Å². The maximum absolute atomic E-state index is 10.8. The second kappa shape index (κ2) is 8.74. The van der Waals surface area contributed by atoms with E-state index in [1.54, 1.807) is 13.2 Å². The third-order valence-electron chi connectivity index (χ3n) is 5.24. The van der Waals surface area contributed by atoms with Crippen LogP contribution in [0.3, 0.4) is 0 Å². The van der Waals surface area contributed by atoms with Gasteiger partial charge in [-0.25, -0.2) is 0 Å². The van der Waals surface area contributed by atoms with Crippen molar-refractivity contribution in [2.75, 3.05) is 7.11 Å². The Hall–Kier alpha value is -3.44. The van der Waals surface area contributed by atoms with E-state index in [0.29, 0.717) is 28.6 Å². The smallest absolute Gasteiger partial charge is 0.128 e. The fourth-order valence-corrected chi connectivity index (χ4v) is 3.60. The Kier molecular flexibility index (Phi) is 5.87. The molecule has 6 heteroatoms. The van der Waals surface area contributed by atoms with E-state index in [2.05, 4.69) is 5.10 Å². The van der Waals surface area contributed by atoms with Crippen LogP contribution in [-0.2, 0) is 13.7 Å². The van der Waals surface area contributed by atoms with Crippen LogP contribution in [0.4, 0.5) is 0 Å². The van der Waals surface area contributed by atoms with E-state index in [1.807, 2.05) is 79.3 Å². The van der Waals surface area contributed by atoms with Gasteiger partial charge in [0.05, 0.1) is 7.11 Å². The van der Waals surface area contributed by atoms with Crippen LogP contribution in [0.1, 0.15) is 11.3 Å². The Labute approximate surface area is 186 Å². The van der Waals surface area contributed by atoms with Crippen LogP contribution in [0, 0.1) is 6.92 Å². The molecule has 31 heavy (non-hydrogen) atoms. The molecule has 0 aliphatic carbocycles. The highest BCUT2D eigenvalue weighted by Gasteiger charge is 2.20. The zero-order valence-electron chi connectivity index (χ0n) is 17.6. The zero-order valence-corrected chi connectivity index (χ0v) is 18.3. The van der Waals surface area contributed by atoms with E-state index in [-0.39, 0.29) is 5.75 Å². The van der Waals surface area contributed by atoms with Gasteiger partial charge in [-0.05, 0) is 54.4 Å². The number of methoxy groups -OCH3 is 1. The molecule has 0 amide bonds. The molecule has 0 radical (unpaired) electrons. The number of benzene rings is 3. The van der Waals surface area contributed by atoms with E-state index < -0.39 is 0 Å². The van der Waals surface area contributed by atoms with Crippen molar-refractivity contribution in [3.63, 3.8) is 0 Å². The molecule has 0 fully saturated rings. The Bertz CT molecular complexity index is 1220. The molecule has 0 saturated carbocycles. The Morgan fingerprint density at radius 2 is 1.77 bits per heavy atom. The third-order valence-corrected chi connectivity index (χ3v) is 5.49. The van der Waals surface area contributed by atoms with E-state index in [4.69, 9.17) is 21.1 Å². The molecule has 1 N–H and O–H groups in total. The second-order valence-electron chi connectivity index (χ2n) is 7.26. The quantitative estimate of drug-likeness (QED) is 0.403. The predicted octanol–water partition coefficient (Wildman–Crippen LogP) is 6.01. The van der Waals surface area contributed by atoms with Crippen LogP contribution < -0.4 is 9.47 Å². The molecule has 0 saturated heterocycles. The molecule has 0 spiro atoms. The molecular formula is C25H23ClN2O3. The highest BCUT2D eigenvalue weighted by atomic mass is 35.5. The first-order chi connectivity index (χ1) is 15.0. The van der Waals surface area contributed by atoms with Crippen LogP contribution in [0.25, 0.3) is 22.4 Å². The Morgan fingerprint density at radius 1 is 1.00 bits per heavy atom. The van der Waals surface area contributed by atoms with Gasteiger partial charge in [0.1, 0.15) is 29.5 Å². The molecule has 158 valence electrons. The van der Waals surface area contributed by atoms with Crippen LogP contribution in [0.5, 0.6) is 17.2 Å². The lowest BCUT2D eigenvalue weighted by Gasteiger charge is -2.11. The van der Waals surface area contributed by atoms with Crippen molar-refractivity contribution in [1.29, 1.82) is 0 Å². The largest absolute Gasteiger partial charge is 0.507 e. The average molecular weight is 435 g/mol. The highest BCUT2D eigenvalue weighted by molar-refractivity contribution is 6.30. The topological polar surface area (TPSA) is 56.5 Å². The van der Waals surface area contributed by atoms with Gasteiger partial charge in [0.2, 0.25) is 0 Å². The molecule has 1 heterocycles. The van der Waals surface area contributed by atoms with Crippen LogP contribution >= 0.6 is 11.6 Å². The molecule has 0 aliphatic heterocycles. The molecule has 4 rings (SSSR count). The zero-order chi connectivity index (χ0) is 22.0. The number of phenolic OH excluding ortho intramolecular Hbond substituents is 1. The van der Waals surface area contributed by atoms with Crippen LogP contribution in [-0.4, -0.2) is 22.0 Å². The fourth-order valence-electron chi connectivity index (χ4n) is 3.47. The molecule has 5 nitrogen and oxygen atoms in total. The maximum Gasteiger partial charge on any atom is 0.128 e. The summed E-state index contributed by atoms with van der Waals surface area (Å²) in [6.45, 7) is 2.39. The summed E-state index contributed by atoms with van der Waals surface area (Å²) < 4.78 is 13.0. The number of hydrogen-bond donors (Lipinski definition) is 1. The minimum absolute atomic E-state index is 0.107. The van der Waals surface area contributed by atoms with E-state index in [1.165, 1.54) is 0 Å². The number of rotatable bonds is 6. The van der Waals surface area contributed by atoms with Crippen molar-refractivity contribution >= 4 is 11.6 Å². The van der Waals surface area contributed by atoms with Gasteiger partial charge < -0.3 is 14.6 Å². The van der Waals surface area contributed by atoms with Gasteiger partial charge in [-0.2, -0.15) is 5.10 Å². The third kappa shape index (κ3) is 4.37. The number of phenols is 1. The minimum Gasteiger partial charge on any atom is -0.507 e. The first kappa shape index (κ1) is 20.8. The second-order valence-corrected chi connectivity index (χ2v) is 7.70. The van der Waals surface area contributed by atoms with Crippen LogP contribution in [0.15, 0.2) is 66.7 Å². The summed E-state index contributed by atoms with van der Waals surface area (Å²) in [7, 11) is 3.54. The number of aromatic hydroxyl groups is 1. The fraction of sp³-hybridized carbons (Fsp3) is 0.160. The van der Waals surface area contributed by atoms with Crippen molar-refractivity contribution in [3.8, 4) is 39.6 Å². The lowest BCUT2D eigenvalue weighted by molar-refractivity contribution is 0.304. The Morgan fingerprint density at radius 3 is 2.48 bits per heavy atom. The van der Waals surface area contributed by atoms with Gasteiger partial charge in [0.15, 0.2) is 0 Å². The summed E-state index contributed by atoms with van der Waals surface area (Å²) in [6, 6.07) is 20.6. The summed E-state index contributed by atoms with van der Waals surface area (Å²) in [5, 5.41) is 16.1. The Balaban J connectivity index is 1.65. The number of aryl methyl sites for hydroxylation is 1. The van der Waals surface area contributed by atoms with Gasteiger partial charge in [-0.15, -0.1) is 0 Å². The predicted molar refractivity (Wildman–Crippen MR) is 123 cm³/mol. The van der Waals surface area contributed by atoms with Crippen molar-refractivity contribution in [2.24, 2.45) is 7.05 Å². The summed E-state index contributed by atoms with van der Waals surface area (Å²) in [5.74, 6) is 1.45. The first-order valence-corrected chi connectivity index (χ1v) is 10.2. The molecule has 1 aromatic heterocycles. The lowest BCUT2D eigenvalue weighted by Crippen LogP contribution is -1.95. The minimum atomic E-state index is 0.107. The standard InChI is InChI=1S/C25H23ClN2O3/c1-16-24(18-5-4-6-20(13-18)30-3)25(27-28(16)2)22-12-11-21(14-23(22)29)31-15-17-7-9-19(26)10-8-17/h4-14,29H,15H2,1-3H3. The number of nitrogens with zero attached hydrogens (tertiary/aromatic N) is 2. The van der Waals surface area contributed by atoms with Gasteiger partial charge in [-0.1, -0.05) is 35.9 Å². The molecule has 4 aromatic rings. The maximum atomic E-state index is 10.8. The normalized spacial score (nSPS) is 10.8. The summed E-state index contributed by atoms with van der Waals surface area (Å²) in [6.07, 6.45) is 0. The number of ether oxygens (including phenoxy) is 2. The van der Waals surface area contributed by atoms with E-state index >= 15 is 0 Å². The van der Waals surface area contributed by atoms with Gasteiger partial charge in [0, 0.05) is 35.0 Å². The van der Waals surface area contributed by atoms with Crippen molar-refractivity contribution in [3.05, 3.63) is 83.0 Å². The van der Waals surface area contributed by atoms with Gasteiger partial charge in [0.25, 0.3) is 0 Å². The lowest BCUT2D eigenvalue weighted by atomic mass is 9.98. The summed E-state index contributed by atoms with van der Waals surface area (Å²) in [5.41, 5.74) is 5.25.